The molecule has 2 aromatic rings. The molecule has 0 aromatic heterocycles. The van der Waals surface area contributed by atoms with E-state index in [0.29, 0.717) is 11.1 Å². The van der Waals surface area contributed by atoms with E-state index in [4.69, 9.17) is 4.74 Å². The summed E-state index contributed by atoms with van der Waals surface area (Å²) in [7, 11) is 1.33. The summed E-state index contributed by atoms with van der Waals surface area (Å²) in [6.45, 7) is -2.77. The van der Waals surface area contributed by atoms with Crippen molar-refractivity contribution in [3.8, 4) is 11.5 Å². The predicted octanol–water partition coefficient (Wildman–Crippen LogP) is 3.77. The van der Waals surface area contributed by atoms with Crippen molar-refractivity contribution in [3.05, 3.63) is 65.5 Å². The van der Waals surface area contributed by atoms with Crippen molar-refractivity contribution in [2.24, 2.45) is 0 Å². The van der Waals surface area contributed by atoms with Gasteiger partial charge in [0.1, 0.15) is 5.82 Å². The van der Waals surface area contributed by atoms with Crippen LogP contribution in [0.5, 0.6) is 11.5 Å². The van der Waals surface area contributed by atoms with Gasteiger partial charge in [0.2, 0.25) is 5.91 Å². The smallest absolute Gasteiger partial charge is 0.387 e. The zero-order chi connectivity index (χ0) is 18.2. The summed E-state index contributed by atoms with van der Waals surface area (Å²) >= 11 is 0. The molecule has 0 aliphatic heterocycles. The molecule has 2 aromatic carbocycles. The van der Waals surface area contributed by atoms with Crippen molar-refractivity contribution in [1.29, 1.82) is 0 Å². The van der Waals surface area contributed by atoms with Gasteiger partial charge in [0.15, 0.2) is 11.5 Å². The molecule has 4 nitrogen and oxygen atoms in total. The largest absolute Gasteiger partial charge is 0.493 e. The zero-order valence-electron chi connectivity index (χ0n) is 13.3. The van der Waals surface area contributed by atoms with Gasteiger partial charge in [-0.05, 0) is 41.5 Å². The van der Waals surface area contributed by atoms with E-state index in [1.165, 1.54) is 49.6 Å². The van der Waals surface area contributed by atoms with Crippen molar-refractivity contribution in [1.82, 2.24) is 5.32 Å². The fourth-order valence-corrected chi connectivity index (χ4v) is 2.05. The lowest BCUT2D eigenvalue weighted by Crippen LogP contribution is -2.20. The van der Waals surface area contributed by atoms with Crippen LogP contribution in [0.2, 0.25) is 0 Å². The van der Waals surface area contributed by atoms with Crippen LogP contribution in [0, 0.1) is 5.82 Å². The van der Waals surface area contributed by atoms with E-state index in [1.54, 1.807) is 12.1 Å². The molecule has 0 atom stereocenters. The number of methoxy groups -OCH3 is 1. The summed E-state index contributed by atoms with van der Waals surface area (Å²) in [6.07, 6.45) is 2.78. The normalized spacial score (nSPS) is 10.9. The Labute approximate surface area is 142 Å². The van der Waals surface area contributed by atoms with E-state index in [1.807, 2.05) is 0 Å². The molecular weight excluding hydrogens is 335 g/mol. The Morgan fingerprint density at radius 1 is 1.20 bits per heavy atom. The topological polar surface area (TPSA) is 47.6 Å². The molecule has 1 N–H and O–H groups in total. The van der Waals surface area contributed by atoms with E-state index < -0.39 is 6.61 Å². The van der Waals surface area contributed by atoms with Crippen LogP contribution >= 0.6 is 0 Å². The Bertz CT molecular complexity index is 763. The number of carbonyl (C=O) groups is 1. The molecule has 0 saturated carbocycles. The Hall–Kier alpha value is -2.96. The number of nitrogens with one attached hydrogen (secondary N) is 1. The van der Waals surface area contributed by atoms with E-state index in [9.17, 15) is 18.0 Å². The number of halogens is 3. The molecule has 0 fully saturated rings. The zero-order valence-corrected chi connectivity index (χ0v) is 13.3. The summed E-state index contributed by atoms with van der Waals surface area (Å²) < 4.78 is 46.9. The minimum atomic E-state index is -2.95. The van der Waals surface area contributed by atoms with Gasteiger partial charge in [-0.3, -0.25) is 4.79 Å². The molecule has 1 amide bonds. The lowest BCUT2D eigenvalue weighted by atomic mass is 10.2. The highest BCUT2D eigenvalue weighted by molar-refractivity contribution is 5.91. The number of hydrogen-bond donors (Lipinski definition) is 1. The van der Waals surface area contributed by atoms with Gasteiger partial charge in [-0.25, -0.2) is 4.39 Å². The molecule has 25 heavy (non-hydrogen) atoms. The van der Waals surface area contributed by atoms with E-state index in [0.717, 1.165) is 0 Å². The second kappa shape index (κ2) is 8.77. The molecule has 132 valence electrons. The van der Waals surface area contributed by atoms with Crippen LogP contribution in [0.15, 0.2) is 48.5 Å². The number of benzene rings is 2. The maximum Gasteiger partial charge on any atom is 0.387 e. The summed E-state index contributed by atoms with van der Waals surface area (Å²) in [4.78, 5) is 11.8. The Morgan fingerprint density at radius 3 is 2.68 bits per heavy atom. The third-order valence-corrected chi connectivity index (χ3v) is 3.19. The molecule has 0 heterocycles. The predicted molar refractivity (Wildman–Crippen MR) is 86.9 cm³/mol. The first-order valence-electron chi connectivity index (χ1n) is 7.31. The van der Waals surface area contributed by atoms with E-state index in [-0.39, 0.29) is 29.8 Å². The third kappa shape index (κ3) is 5.87. The highest BCUT2D eigenvalue weighted by Gasteiger charge is 2.10. The van der Waals surface area contributed by atoms with E-state index >= 15 is 0 Å². The number of alkyl halides is 2. The third-order valence-electron chi connectivity index (χ3n) is 3.19. The van der Waals surface area contributed by atoms with Gasteiger partial charge < -0.3 is 14.8 Å². The first-order valence-corrected chi connectivity index (χ1v) is 7.31. The molecule has 0 radical (unpaired) electrons. The van der Waals surface area contributed by atoms with Gasteiger partial charge in [0.05, 0.1) is 7.11 Å². The van der Waals surface area contributed by atoms with Crippen molar-refractivity contribution in [3.63, 3.8) is 0 Å². The summed E-state index contributed by atoms with van der Waals surface area (Å²) in [5.41, 5.74) is 1.20. The fraction of sp³-hybridized carbons (Fsp3) is 0.167. The van der Waals surface area contributed by atoms with Crippen molar-refractivity contribution >= 4 is 12.0 Å². The Balaban J connectivity index is 1.97. The first kappa shape index (κ1) is 18.4. The average molecular weight is 351 g/mol. The number of ether oxygens (including phenoxy) is 2. The van der Waals surface area contributed by atoms with Crippen molar-refractivity contribution in [2.75, 3.05) is 7.11 Å². The summed E-state index contributed by atoms with van der Waals surface area (Å²) in [5, 5.41) is 2.61. The van der Waals surface area contributed by atoms with Crippen LogP contribution in [0.25, 0.3) is 6.08 Å². The maximum atomic E-state index is 13.0. The highest BCUT2D eigenvalue weighted by atomic mass is 19.3. The van der Waals surface area contributed by atoms with Crippen LogP contribution in [0.1, 0.15) is 11.1 Å². The van der Waals surface area contributed by atoms with Crippen LogP contribution in [0.4, 0.5) is 13.2 Å². The number of carbonyl (C=O) groups excluding carboxylic acids is 1. The SMILES string of the molecule is COc1cc(/C=C/C(=O)NCc2cccc(F)c2)ccc1OC(F)F. The second-order valence-corrected chi connectivity index (χ2v) is 4.97. The van der Waals surface area contributed by atoms with Crippen LogP contribution in [0.3, 0.4) is 0 Å². The molecule has 0 unspecified atom stereocenters. The minimum absolute atomic E-state index is 0.0924. The molecule has 0 saturated heterocycles. The fourth-order valence-electron chi connectivity index (χ4n) is 2.05. The van der Waals surface area contributed by atoms with Gasteiger partial charge in [-0.15, -0.1) is 0 Å². The number of rotatable bonds is 7. The van der Waals surface area contributed by atoms with Gasteiger partial charge in [0, 0.05) is 12.6 Å². The average Bonchev–Trinajstić information content (AvgIpc) is 2.58. The van der Waals surface area contributed by atoms with Crippen molar-refractivity contribution < 1.29 is 27.4 Å². The molecule has 0 aliphatic rings. The molecule has 7 heteroatoms. The second-order valence-electron chi connectivity index (χ2n) is 4.97. The van der Waals surface area contributed by atoms with Crippen LogP contribution in [-0.2, 0) is 11.3 Å². The lowest BCUT2D eigenvalue weighted by Gasteiger charge is -2.10. The molecule has 0 spiro atoms. The standard InChI is InChI=1S/C18H16F3NO3/c1-24-16-10-12(5-7-15(16)25-18(20)21)6-8-17(23)22-11-13-3-2-4-14(19)9-13/h2-10,18H,11H2,1H3,(H,22,23)/b8-6+. The Morgan fingerprint density at radius 2 is 2.00 bits per heavy atom. The molecule has 0 bridgehead atoms. The van der Waals surface area contributed by atoms with E-state index in [2.05, 4.69) is 10.1 Å². The lowest BCUT2D eigenvalue weighted by molar-refractivity contribution is -0.116. The number of amides is 1. The van der Waals surface area contributed by atoms with Crippen molar-refractivity contribution in [2.45, 2.75) is 13.2 Å². The first-order chi connectivity index (χ1) is 12.0. The summed E-state index contributed by atoms with van der Waals surface area (Å²) in [5.74, 6) is -0.718. The highest BCUT2D eigenvalue weighted by Crippen LogP contribution is 2.29. The minimum Gasteiger partial charge on any atom is -0.493 e. The van der Waals surface area contributed by atoms with Gasteiger partial charge >= 0.3 is 6.61 Å². The number of hydrogen-bond acceptors (Lipinski definition) is 3. The molecule has 2 rings (SSSR count). The van der Waals surface area contributed by atoms with Gasteiger partial charge in [0.25, 0.3) is 0 Å². The Kier molecular flexibility index (Phi) is 6.45. The monoisotopic (exact) mass is 351 g/mol. The van der Waals surface area contributed by atoms with Gasteiger partial charge in [-0.1, -0.05) is 18.2 Å². The van der Waals surface area contributed by atoms with Crippen LogP contribution in [-0.4, -0.2) is 19.6 Å². The molecule has 0 aliphatic carbocycles. The van der Waals surface area contributed by atoms with Crippen LogP contribution < -0.4 is 14.8 Å². The molecular formula is C18H16F3NO3. The van der Waals surface area contributed by atoms with Gasteiger partial charge in [-0.2, -0.15) is 8.78 Å². The quantitative estimate of drug-likeness (QED) is 0.773. The maximum absolute atomic E-state index is 13.0. The summed E-state index contributed by atoms with van der Waals surface area (Å²) in [6, 6.07) is 10.2.